The van der Waals surface area contributed by atoms with E-state index in [-0.39, 0.29) is 5.92 Å². The van der Waals surface area contributed by atoms with Crippen LogP contribution in [-0.4, -0.2) is 15.3 Å². The van der Waals surface area contributed by atoms with E-state index >= 15 is 0 Å². The third-order valence-electron chi connectivity index (χ3n) is 5.31. The zero-order valence-electron chi connectivity index (χ0n) is 12.6. The first-order chi connectivity index (χ1) is 9.79. The van der Waals surface area contributed by atoms with E-state index in [2.05, 4.69) is 11.9 Å². The van der Waals surface area contributed by atoms with Gasteiger partial charge in [-0.2, -0.15) is 0 Å². The molecule has 0 aliphatic heterocycles. The minimum absolute atomic E-state index is 0.229. The normalized spacial score (nSPS) is 29.9. The minimum atomic E-state index is 0.229. The fourth-order valence-electron chi connectivity index (χ4n) is 4.25. The summed E-state index contributed by atoms with van der Waals surface area (Å²) in [4.78, 5) is 17.1. The number of hydrogen-bond donors (Lipinski definition) is 0. The highest BCUT2D eigenvalue weighted by Crippen LogP contribution is 2.43. The SMILES string of the molecule is CCCn1ccnc1C(=O)C1CCC2CCCCC2C1. The Morgan fingerprint density at radius 2 is 2.05 bits per heavy atom. The van der Waals surface area contributed by atoms with E-state index in [9.17, 15) is 4.79 Å². The topological polar surface area (TPSA) is 34.9 Å². The molecule has 0 aromatic carbocycles. The molecule has 1 aromatic rings. The van der Waals surface area contributed by atoms with Crippen LogP contribution in [0, 0.1) is 17.8 Å². The molecule has 3 unspecified atom stereocenters. The lowest BCUT2D eigenvalue weighted by Crippen LogP contribution is -2.32. The van der Waals surface area contributed by atoms with Crippen molar-refractivity contribution < 1.29 is 4.79 Å². The van der Waals surface area contributed by atoms with Crippen molar-refractivity contribution in [1.29, 1.82) is 0 Å². The summed E-state index contributed by atoms with van der Waals surface area (Å²) < 4.78 is 2.04. The number of imidazole rings is 1. The third kappa shape index (κ3) is 2.68. The second-order valence-electron chi connectivity index (χ2n) is 6.62. The third-order valence-corrected chi connectivity index (χ3v) is 5.31. The monoisotopic (exact) mass is 274 g/mol. The van der Waals surface area contributed by atoms with Crippen LogP contribution in [0.3, 0.4) is 0 Å². The predicted molar refractivity (Wildman–Crippen MR) is 79.6 cm³/mol. The lowest BCUT2D eigenvalue weighted by molar-refractivity contribution is 0.0748. The lowest BCUT2D eigenvalue weighted by Gasteiger charge is -2.38. The molecular formula is C17H26N2O. The Morgan fingerprint density at radius 1 is 1.25 bits per heavy atom. The number of rotatable bonds is 4. The zero-order chi connectivity index (χ0) is 13.9. The minimum Gasteiger partial charge on any atom is -0.329 e. The molecule has 2 aliphatic rings. The van der Waals surface area contributed by atoms with Gasteiger partial charge in [-0.15, -0.1) is 0 Å². The number of fused-ring (bicyclic) bond motifs is 1. The van der Waals surface area contributed by atoms with E-state index in [0.29, 0.717) is 11.6 Å². The number of hydrogen-bond acceptors (Lipinski definition) is 2. The van der Waals surface area contributed by atoms with E-state index < -0.39 is 0 Å². The molecule has 2 fully saturated rings. The maximum absolute atomic E-state index is 12.7. The predicted octanol–water partition coefficient (Wildman–Crippen LogP) is 4.08. The molecular weight excluding hydrogens is 248 g/mol. The van der Waals surface area contributed by atoms with E-state index in [1.54, 1.807) is 6.20 Å². The molecule has 2 aliphatic carbocycles. The van der Waals surface area contributed by atoms with Crippen molar-refractivity contribution >= 4 is 5.78 Å². The molecule has 3 nitrogen and oxygen atoms in total. The summed E-state index contributed by atoms with van der Waals surface area (Å²) in [6, 6.07) is 0. The number of carbonyl (C=O) groups is 1. The number of ketones is 1. The maximum atomic E-state index is 12.7. The van der Waals surface area contributed by atoms with Gasteiger partial charge in [0.2, 0.25) is 5.78 Å². The second kappa shape index (κ2) is 6.11. The van der Waals surface area contributed by atoms with Crippen LogP contribution in [0.2, 0.25) is 0 Å². The Labute approximate surface area is 121 Å². The van der Waals surface area contributed by atoms with Gasteiger partial charge >= 0.3 is 0 Å². The Balaban J connectivity index is 1.69. The highest BCUT2D eigenvalue weighted by Gasteiger charge is 2.36. The highest BCUT2D eigenvalue weighted by atomic mass is 16.1. The first kappa shape index (κ1) is 13.8. The quantitative estimate of drug-likeness (QED) is 0.775. The van der Waals surface area contributed by atoms with E-state index in [4.69, 9.17) is 0 Å². The molecule has 0 spiro atoms. The first-order valence-corrected chi connectivity index (χ1v) is 8.35. The van der Waals surface area contributed by atoms with Gasteiger partial charge in [0.1, 0.15) is 0 Å². The highest BCUT2D eigenvalue weighted by molar-refractivity contribution is 5.94. The number of nitrogens with zero attached hydrogens (tertiary/aromatic N) is 2. The molecule has 0 radical (unpaired) electrons. The van der Waals surface area contributed by atoms with Crippen LogP contribution >= 0.6 is 0 Å². The summed E-state index contributed by atoms with van der Waals surface area (Å²) >= 11 is 0. The van der Waals surface area contributed by atoms with Crippen molar-refractivity contribution in [2.45, 2.75) is 64.8 Å². The van der Waals surface area contributed by atoms with Gasteiger partial charge in [0.05, 0.1) is 0 Å². The second-order valence-corrected chi connectivity index (χ2v) is 6.62. The van der Waals surface area contributed by atoms with Crippen molar-refractivity contribution in [2.75, 3.05) is 0 Å². The molecule has 1 heterocycles. The summed E-state index contributed by atoms with van der Waals surface area (Å²) in [5.74, 6) is 2.94. The standard InChI is InChI=1S/C17H26N2O/c1-2-10-19-11-9-18-17(19)16(20)15-8-7-13-5-3-4-6-14(13)12-15/h9,11,13-15H,2-8,10,12H2,1H3. The Kier molecular flexibility index (Phi) is 4.23. The van der Waals surface area contributed by atoms with Gasteiger partial charge in [0.15, 0.2) is 5.82 Å². The van der Waals surface area contributed by atoms with Crippen LogP contribution in [0.15, 0.2) is 12.4 Å². The van der Waals surface area contributed by atoms with Gasteiger partial charge in [-0.05, 0) is 37.5 Å². The number of carbonyl (C=O) groups excluding carboxylic acids is 1. The van der Waals surface area contributed by atoms with Gasteiger partial charge in [0.25, 0.3) is 0 Å². The summed E-state index contributed by atoms with van der Waals surface area (Å²) in [6.45, 7) is 3.04. The molecule has 0 N–H and O–H groups in total. The van der Waals surface area contributed by atoms with Crippen molar-refractivity contribution in [1.82, 2.24) is 9.55 Å². The van der Waals surface area contributed by atoms with Gasteiger partial charge in [-0.3, -0.25) is 4.79 Å². The average Bonchev–Trinajstić information content (AvgIpc) is 2.94. The van der Waals surface area contributed by atoms with Crippen LogP contribution in [0.5, 0.6) is 0 Å². The summed E-state index contributed by atoms with van der Waals surface area (Å²) in [5, 5.41) is 0. The maximum Gasteiger partial charge on any atom is 0.201 e. The van der Waals surface area contributed by atoms with Crippen molar-refractivity contribution in [2.24, 2.45) is 17.8 Å². The van der Waals surface area contributed by atoms with Crippen LogP contribution in [0.1, 0.15) is 68.9 Å². The Morgan fingerprint density at radius 3 is 2.85 bits per heavy atom. The van der Waals surface area contributed by atoms with Gasteiger partial charge in [0, 0.05) is 24.9 Å². The number of Topliss-reactive ketones (excluding diaryl/α,β-unsaturated/α-hetero) is 1. The molecule has 0 amide bonds. The van der Waals surface area contributed by atoms with Crippen LogP contribution in [0.25, 0.3) is 0 Å². The molecule has 20 heavy (non-hydrogen) atoms. The fraction of sp³-hybridized carbons (Fsp3) is 0.765. The van der Waals surface area contributed by atoms with E-state index in [1.165, 1.54) is 32.1 Å². The summed E-state index contributed by atoms with van der Waals surface area (Å²) in [7, 11) is 0. The van der Waals surface area contributed by atoms with Crippen LogP contribution in [0.4, 0.5) is 0 Å². The van der Waals surface area contributed by atoms with Crippen LogP contribution < -0.4 is 0 Å². The summed E-state index contributed by atoms with van der Waals surface area (Å²) in [6.07, 6.45) is 13.7. The molecule has 0 bridgehead atoms. The van der Waals surface area contributed by atoms with Crippen LogP contribution in [-0.2, 0) is 6.54 Å². The largest absolute Gasteiger partial charge is 0.329 e. The fourth-order valence-corrected chi connectivity index (χ4v) is 4.25. The van der Waals surface area contributed by atoms with Gasteiger partial charge < -0.3 is 4.57 Å². The van der Waals surface area contributed by atoms with Gasteiger partial charge in [-0.1, -0.05) is 32.6 Å². The number of aryl methyl sites for hydroxylation is 1. The van der Waals surface area contributed by atoms with Crippen molar-refractivity contribution in [3.63, 3.8) is 0 Å². The Bertz CT molecular complexity index is 465. The van der Waals surface area contributed by atoms with E-state index in [1.807, 2.05) is 10.8 Å². The molecule has 110 valence electrons. The van der Waals surface area contributed by atoms with E-state index in [0.717, 1.165) is 37.6 Å². The van der Waals surface area contributed by atoms with Gasteiger partial charge in [-0.25, -0.2) is 4.98 Å². The molecule has 3 heteroatoms. The molecule has 1 aromatic heterocycles. The Hall–Kier alpha value is -1.12. The summed E-state index contributed by atoms with van der Waals surface area (Å²) in [5.41, 5.74) is 0. The smallest absolute Gasteiger partial charge is 0.201 e. The van der Waals surface area contributed by atoms with Crippen molar-refractivity contribution in [3.05, 3.63) is 18.2 Å². The molecule has 3 atom stereocenters. The zero-order valence-corrected chi connectivity index (χ0v) is 12.6. The molecule has 3 rings (SSSR count). The number of aromatic nitrogens is 2. The molecule has 0 saturated heterocycles. The lowest BCUT2D eigenvalue weighted by atomic mass is 9.66. The molecule has 2 saturated carbocycles. The first-order valence-electron chi connectivity index (χ1n) is 8.35. The van der Waals surface area contributed by atoms with Crippen molar-refractivity contribution in [3.8, 4) is 0 Å². The average molecular weight is 274 g/mol.